The molecule has 0 saturated heterocycles. The van der Waals surface area contributed by atoms with Gasteiger partial charge in [-0.05, 0) is 36.8 Å². The van der Waals surface area contributed by atoms with Crippen LogP contribution in [0.4, 0.5) is 10.2 Å². The van der Waals surface area contributed by atoms with Crippen LogP contribution in [-0.2, 0) is 0 Å². The Labute approximate surface area is 104 Å². The maximum Gasteiger partial charge on any atom is 0.148 e. The van der Waals surface area contributed by atoms with Gasteiger partial charge in [-0.1, -0.05) is 11.6 Å². The summed E-state index contributed by atoms with van der Waals surface area (Å²) in [6.07, 6.45) is 0. The fraction of sp³-hybridized carbons (Fsp3) is 0.167. The molecule has 1 N–H and O–H groups in total. The Kier molecular flexibility index (Phi) is 3.24. The zero-order valence-corrected chi connectivity index (χ0v) is 10.2. The highest BCUT2D eigenvalue weighted by Crippen LogP contribution is 2.28. The summed E-state index contributed by atoms with van der Waals surface area (Å²) in [5.41, 5.74) is 1.61. The molecule has 0 spiro atoms. The standard InChI is InChI=1S/C12H11ClFN3/c1-7-5-9(13)8(6-10(7)14)11-3-4-12(15-2)17-16-11/h3-6H,1-2H3,(H,15,17). The molecule has 1 aromatic carbocycles. The van der Waals surface area contributed by atoms with E-state index < -0.39 is 0 Å². The van der Waals surface area contributed by atoms with E-state index in [1.165, 1.54) is 6.07 Å². The van der Waals surface area contributed by atoms with E-state index in [2.05, 4.69) is 15.5 Å². The van der Waals surface area contributed by atoms with Crippen LogP contribution in [0.5, 0.6) is 0 Å². The van der Waals surface area contributed by atoms with Crippen LogP contribution < -0.4 is 5.32 Å². The minimum atomic E-state index is -0.302. The monoisotopic (exact) mass is 251 g/mol. The number of hydrogen-bond acceptors (Lipinski definition) is 3. The van der Waals surface area contributed by atoms with Gasteiger partial charge in [-0.15, -0.1) is 10.2 Å². The number of hydrogen-bond donors (Lipinski definition) is 1. The molecule has 0 aliphatic rings. The van der Waals surface area contributed by atoms with Crippen molar-refractivity contribution in [1.82, 2.24) is 10.2 Å². The molecule has 0 aliphatic carbocycles. The summed E-state index contributed by atoms with van der Waals surface area (Å²) in [7, 11) is 1.75. The van der Waals surface area contributed by atoms with Crippen molar-refractivity contribution in [3.63, 3.8) is 0 Å². The van der Waals surface area contributed by atoms with Crippen molar-refractivity contribution in [3.8, 4) is 11.3 Å². The number of nitrogens with one attached hydrogen (secondary N) is 1. The first-order valence-electron chi connectivity index (χ1n) is 5.09. The molecule has 88 valence electrons. The van der Waals surface area contributed by atoms with Crippen molar-refractivity contribution >= 4 is 17.4 Å². The van der Waals surface area contributed by atoms with E-state index in [1.807, 2.05) is 0 Å². The number of halogens is 2. The van der Waals surface area contributed by atoms with Gasteiger partial charge in [0.15, 0.2) is 0 Å². The smallest absolute Gasteiger partial charge is 0.148 e. The molecule has 1 aromatic heterocycles. The SMILES string of the molecule is CNc1ccc(-c2cc(F)c(C)cc2Cl)nn1. The molecule has 3 nitrogen and oxygen atoms in total. The minimum absolute atomic E-state index is 0.302. The predicted octanol–water partition coefficient (Wildman–Crippen LogP) is 3.29. The number of benzene rings is 1. The van der Waals surface area contributed by atoms with E-state index in [4.69, 9.17) is 11.6 Å². The zero-order valence-electron chi connectivity index (χ0n) is 9.46. The Morgan fingerprint density at radius 3 is 2.59 bits per heavy atom. The third-order valence-electron chi connectivity index (χ3n) is 2.44. The first-order valence-corrected chi connectivity index (χ1v) is 5.47. The quantitative estimate of drug-likeness (QED) is 0.890. The molecule has 5 heteroatoms. The van der Waals surface area contributed by atoms with E-state index in [0.717, 1.165) is 0 Å². The predicted molar refractivity (Wildman–Crippen MR) is 66.7 cm³/mol. The maximum absolute atomic E-state index is 13.5. The summed E-state index contributed by atoms with van der Waals surface area (Å²) < 4.78 is 13.5. The van der Waals surface area contributed by atoms with Crippen molar-refractivity contribution in [2.24, 2.45) is 0 Å². The third-order valence-corrected chi connectivity index (χ3v) is 2.76. The molecule has 0 fully saturated rings. The van der Waals surface area contributed by atoms with Crippen molar-refractivity contribution in [1.29, 1.82) is 0 Å². The lowest BCUT2D eigenvalue weighted by atomic mass is 10.1. The second-order valence-electron chi connectivity index (χ2n) is 3.64. The topological polar surface area (TPSA) is 37.8 Å². The van der Waals surface area contributed by atoms with Crippen LogP contribution in [0.3, 0.4) is 0 Å². The normalized spacial score (nSPS) is 10.4. The van der Waals surface area contributed by atoms with E-state index in [-0.39, 0.29) is 5.82 Å². The summed E-state index contributed by atoms with van der Waals surface area (Å²) in [5, 5.41) is 11.2. The lowest BCUT2D eigenvalue weighted by Gasteiger charge is -2.06. The highest BCUT2D eigenvalue weighted by atomic mass is 35.5. The van der Waals surface area contributed by atoms with Gasteiger partial charge in [-0.2, -0.15) is 0 Å². The highest BCUT2D eigenvalue weighted by Gasteiger charge is 2.09. The molecule has 0 unspecified atom stereocenters. The number of aromatic nitrogens is 2. The summed E-state index contributed by atoms with van der Waals surface area (Å²) >= 11 is 6.06. The number of aryl methyl sites for hydroxylation is 1. The van der Waals surface area contributed by atoms with Crippen molar-refractivity contribution in [2.75, 3.05) is 12.4 Å². The van der Waals surface area contributed by atoms with Gasteiger partial charge in [0.1, 0.15) is 11.6 Å². The van der Waals surface area contributed by atoms with Crippen LogP contribution >= 0.6 is 11.6 Å². The molecule has 17 heavy (non-hydrogen) atoms. The number of anilines is 1. The summed E-state index contributed by atoms with van der Waals surface area (Å²) in [5.74, 6) is 0.348. The van der Waals surface area contributed by atoms with Crippen LogP contribution in [0.25, 0.3) is 11.3 Å². The number of nitrogens with zero attached hydrogens (tertiary/aromatic N) is 2. The second-order valence-corrected chi connectivity index (χ2v) is 4.04. The van der Waals surface area contributed by atoms with Gasteiger partial charge in [-0.3, -0.25) is 0 Å². The Balaban J connectivity index is 2.48. The van der Waals surface area contributed by atoms with Crippen molar-refractivity contribution in [2.45, 2.75) is 6.92 Å². The lowest BCUT2D eigenvalue weighted by molar-refractivity contribution is 0.619. The molecule has 0 radical (unpaired) electrons. The molecule has 0 saturated carbocycles. The average molecular weight is 252 g/mol. The third kappa shape index (κ3) is 2.36. The van der Waals surface area contributed by atoms with Gasteiger partial charge in [0.2, 0.25) is 0 Å². The van der Waals surface area contributed by atoms with E-state index in [1.54, 1.807) is 32.2 Å². The largest absolute Gasteiger partial charge is 0.372 e. The van der Waals surface area contributed by atoms with Crippen LogP contribution in [0, 0.1) is 12.7 Å². The summed E-state index contributed by atoms with van der Waals surface area (Å²) in [4.78, 5) is 0. The van der Waals surface area contributed by atoms with Gasteiger partial charge < -0.3 is 5.32 Å². The number of rotatable bonds is 2. The van der Waals surface area contributed by atoms with E-state index in [9.17, 15) is 4.39 Å². The Morgan fingerprint density at radius 2 is 2.00 bits per heavy atom. The van der Waals surface area contributed by atoms with Crippen LogP contribution in [0.1, 0.15) is 5.56 Å². The average Bonchev–Trinajstić information content (AvgIpc) is 2.34. The molecule has 1 heterocycles. The second kappa shape index (κ2) is 4.67. The molecular formula is C12H11ClFN3. The minimum Gasteiger partial charge on any atom is -0.372 e. The van der Waals surface area contributed by atoms with Gasteiger partial charge in [-0.25, -0.2) is 4.39 Å². The molecule has 2 rings (SSSR count). The molecular weight excluding hydrogens is 241 g/mol. The van der Waals surface area contributed by atoms with Crippen LogP contribution in [0.15, 0.2) is 24.3 Å². The summed E-state index contributed by atoms with van der Waals surface area (Å²) in [6.45, 7) is 1.67. The Bertz CT molecular complexity index is 540. The van der Waals surface area contributed by atoms with Gasteiger partial charge in [0, 0.05) is 12.6 Å². The summed E-state index contributed by atoms with van der Waals surface area (Å²) in [6, 6.07) is 6.46. The van der Waals surface area contributed by atoms with Gasteiger partial charge >= 0.3 is 0 Å². The zero-order chi connectivity index (χ0) is 12.4. The van der Waals surface area contributed by atoms with Gasteiger partial charge in [0.05, 0.1) is 10.7 Å². The lowest BCUT2D eigenvalue weighted by Crippen LogP contribution is -1.96. The van der Waals surface area contributed by atoms with Crippen molar-refractivity contribution in [3.05, 3.63) is 40.7 Å². The Morgan fingerprint density at radius 1 is 1.24 bits per heavy atom. The first kappa shape index (κ1) is 11.8. The van der Waals surface area contributed by atoms with Crippen molar-refractivity contribution < 1.29 is 4.39 Å². The van der Waals surface area contributed by atoms with Gasteiger partial charge in [0.25, 0.3) is 0 Å². The Hall–Kier alpha value is -1.68. The van der Waals surface area contributed by atoms with Crippen LogP contribution in [0.2, 0.25) is 5.02 Å². The molecule has 0 bridgehead atoms. The highest BCUT2D eigenvalue weighted by molar-refractivity contribution is 6.33. The molecule has 2 aromatic rings. The fourth-order valence-electron chi connectivity index (χ4n) is 1.45. The first-order chi connectivity index (χ1) is 8.11. The van der Waals surface area contributed by atoms with E-state index >= 15 is 0 Å². The van der Waals surface area contributed by atoms with Crippen LogP contribution in [-0.4, -0.2) is 17.2 Å². The fourth-order valence-corrected chi connectivity index (χ4v) is 1.77. The van der Waals surface area contributed by atoms with E-state index in [0.29, 0.717) is 27.7 Å². The molecule has 0 atom stereocenters. The molecule has 0 aliphatic heterocycles. The molecule has 0 amide bonds. The maximum atomic E-state index is 13.5.